The Morgan fingerprint density at radius 1 is 0.259 bits per heavy atom. The molecule has 0 bridgehead atoms. The maximum absolute atomic E-state index is 14.8. The fraction of sp³-hybridized carbons (Fsp3) is 0.269. The lowest BCUT2D eigenvalue weighted by Crippen LogP contribution is -2.36. The van der Waals surface area contributed by atoms with Crippen LogP contribution in [0.3, 0.4) is 0 Å². The summed E-state index contributed by atoms with van der Waals surface area (Å²) in [5, 5.41) is 9.81. The molecule has 0 aliphatic rings. The van der Waals surface area contributed by atoms with E-state index in [0.29, 0.717) is 106 Å². The van der Waals surface area contributed by atoms with Crippen LogP contribution in [0, 0.1) is 0 Å². The summed E-state index contributed by atoms with van der Waals surface area (Å²) in [6.45, 7) is 14.2. The van der Waals surface area contributed by atoms with Gasteiger partial charge in [0.05, 0.1) is 5.56 Å². The van der Waals surface area contributed by atoms with Crippen LogP contribution >= 0.6 is 0 Å². The van der Waals surface area contributed by atoms with Gasteiger partial charge in [0.1, 0.15) is 0 Å². The molecule has 6 amide bonds. The van der Waals surface area contributed by atoms with Crippen LogP contribution in [0.15, 0.2) is 176 Å². The number of benzene rings is 7. The molecule has 0 heterocycles. The van der Waals surface area contributed by atoms with Gasteiger partial charge in [0.2, 0.25) is 0 Å². The molecule has 0 radical (unpaired) electrons. The van der Waals surface area contributed by atoms with Gasteiger partial charge in [0.25, 0.3) is 35.4 Å². The van der Waals surface area contributed by atoms with Crippen LogP contribution in [0.25, 0.3) is 0 Å². The second-order valence-corrected chi connectivity index (χ2v) is 19.5. The van der Waals surface area contributed by atoms with E-state index in [1.54, 1.807) is 114 Å². The number of nitrogens with zero attached hydrogens (tertiary/aromatic N) is 6. The summed E-state index contributed by atoms with van der Waals surface area (Å²) in [6, 6.07) is 51.8. The predicted molar refractivity (Wildman–Crippen MR) is 315 cm³/mol. The van der Waals surface area contributed by atoms with Gasteiger partial charge in [0.15, 0.2) is 0 Å². The number of rotatable bonds is 25. The normalized spacial score (nSPS) is 10.8. The molecule has 7 aromatic rings. The Labute approximate surface area is 475 Å². The first-order valence-corrected chi connectivity index (χ1v) is 27.8. The smallest absolute Gasteiger partial charge is 0.336 e. The van der Waals surface area contributed by atoms with Crippen molar-refractivity contribution in [2.24, 2.45) is 0 Å². The number of hydrogen-bond donors (Lipinski definition) is 1. The Balaban J connectivity index is 1.06. The van der Waals surface area contributed by atoms with Crippen LogP contribution in [0.1, 0.15) is 147 Å². The van der Waals surface area contributed by atoms with Crippen LogP contribution in [-0.2, 0) is 39.3 Å². The Bertz CT molecular complexity index is 3360. The minimum atomic E-state index is -1.07. The number of amides is 6. The van der Waals surface area contributed by atoms with E-state index in [1.807, 2.05) is 126 Å². The van der Waals surface area contributed by atoms with Gasteiger partial charge >= 0.3 is 5.97 Å². The molecule has 418 valence electrons. The first-order chi connectivity index (χ1) is 39.3. The second-order valence-electron chi connectivity index (χ2n) is 19.5. The highest BCUT2D eigenvalue weighted by molar-refractivity contribution is 6.00. The molecule has 81 heavy (non-hydrogen) atoms. The summed E-state index contributed by atoms with van der Waals surface area (Å²) in [4.78, 5) is 108. The molecule has 0 saturated heterocycles. The van der Waals surface area contributed by atoms with Gasteiger partial charge in [-0.15, -0.1) is 0 Å². The van der Waals surface area contributed by atoms with Gasteiger partial charge < -0.3 is 34.5 Å². The van der Waals surface area contributed by atoms with E-state index < -0.39 is 5.97 Å². The molecule has 0 saturated carbocycles. The highest BCUT2D eigenvalue weighted by Crippen LogP contribution is 2.25. The number of aromatic carboxylic acids is 1. The monoisotopic (exact) mass is 1090 g/mol. The van der Waals surface area contributed by atoms with E-state index >= 15 is 0 Å². The molecule has 0 spiro atoms. The average Bonchev–Trinajstić information content (AvgIpc) is 3.52. The van der Waals surface area contributed by atoms with Crippen molar-refractivity contribution in [2.75, 3.05) is 39.3 Å². The molecule has 0 aliphatic carbocycles. The number of carbonyl (C=O) groups excluding carboxylic acids is 6. The molecule has 7 aromatic carbocycles. The first-order valence-electron chi connectivity index (χ1n) is 27.8. The molecular formula is C67H72N6O8. The van der Waals surface area contributed by atoms with E-state index in [0.717, 1.165) is 0 Å². The zero-order valence-electron chi connectivity index (χ0n) is 47.2. The summed E-state index contributed by atoms with van der Waals surface area (Å²) >= 11 is 0. The molecule has 14 heteroatoms. The predicted octanol–water partition coefficient (Wildman–Crippen LogP) is 11.4. The highest BCUT2D eigenvalue weighted by atomic mass is 16.4. The molecule has 1 N–H and O–H groups in total. The van der Waals surface area contributed by atoms with Gasteiger partial charge in [-0.3, -0.25) is 28.8 Å². The van der Waals surface area contributed by atoms with Crippen molar-refractivity contribution in [1.82, 2.24) is 29.4 Å². The third-order valence-electron chi connectivity index (χ3n) is 14.7. The number of carboxylic acids is 1. The maximum Gasteiger partial charge on any atom is 0.336 e. The third kappa shape index (κ3) is 14.4. The van der Waals surface area contributed by atoms with Crippen molar-refractivity contribution in [3.8, 4) is 0 Å². The van der Waals surface area contributed by atoms with Crippen LogP contribution in [0.4, 0.5) is 0 Å². The van der Waals surface area contributed by atoms with Crippen molar-refractivity contribution in [3.63, 3.8) is 0 Å². The zero-order valence-corrected chi connectivity index (χ0v) is 47.2. The summed E-state index contributed by atoms with van der Waals surface area (Å²) in [7, 11) is 0. The zero-order chi connectivity index (χ0) is 58.0. The fourth-order valence-corrected chi connectivity index (χ4v) is 10.0. The molecule has 0 aliphatic heterocycles. The minimum absolute atomic E-state index is 0.0954. The van der Waals surface area contributed by atoms with Crippen molar-refractivity contribution in [1.29, 1.82) is 0 Å². The number of hydrogen-bond acceptors (Lipinski definition) is 7. The van der Waals surface area contributed by atoms with Crippen LogP contribution in [0.5, 0.6) is 0 Å². The van der Waals surface area contributed by atoms with E-state index in [9.17, 15) is 38.7 Å². The number of carbonyl (C=O) groups is 7. The summed E-state index contributed by atoms with van der Waals surface area (Å²) < 4.78 is 0. The topological polar surface area (TPSA) is 159 Å². The maximum atomic E-state index is 14.8. The molecule has 0 unspecified atom stereocenters. The van der Waals surface area contributed by atoms with Gasteiger partial charge in [0, 0.05) is 112 Å². The van der Waals surface area contributed by atoms with Crippen LogP contribution in [0.2, 0.25) is 0 Å². The van der Waals surface area contributed by atoms with Crippen LogP contribution in [-0.4, -0.2) is 115 Å². The van der Waals surface area contributed by atoms with Gasteiger partial charge in [-0.25, -0.2) is 4.79 Å². The van der Waals surface area contributed by atoms with Gasteiger partial charge in [-0.05, 0) is 123 Å². The van der Waals surface area contributed by atoms with Gasteiger partial charge in [-0.2, -0.15) is 0 Å². The standard InChI is InChI=1S/C67H72N6O8/c1-7-68(61(74)48-28-14-13-15-29-48)42-49-30-16-22-36-55(49)62(75)69(8-2)43-50-31-17-23-37-56(50)63(76)70(9-3)44-51-32-18-24-38-57(51)64(77)71(10-4)45-52-33-19-25-39-58(52)65(78)72(11-5)46-53-34-20-26-40-59(53)66(79)73(12-6)47-54-35-21-27-41-60(54)67(80)81/h13-41H,7-12,42-47H2,1-6H3,(H,80,81). The molecule has 14 nitrogen and oxygen atoms in total. The highest BCUT2D eigenvalue weighted by Gasteiger charge is 2.28. The Morgan fingerprint density at radius 2 is 0.444 bits per heavy atom. The SMILES string of the molecule is CCN(Cc1ccccc1C(=O)N(CC)Cc1ccccc1C(=O)N(CC)Cc1ccccc1C(=O)N(CC)Cc1ccccc1C(=O)N(CC)Cc1ccccc1C(=O)N(CC)Cc1ccccc1C(=O)O)C(=O)c1ccccc1. The molecule has 0 fully saturated rings. The summed E-state index contributed by atoms with van der Waals surface area (Å²) in [6.07, 6.45) is 0. The Kier molecular flexibility index (Phi) is 21.0. The lowest BCUT2D eigenvalue weighted by molar-refractivity contribution is 0.0682. The quantitative estimate of drug-likeness (QED) is 0.0592. The van der Waals surface area contributed by atoms with E-state index in [2.05, 4.69) is 0 Å². The Morgan fingerprint density at radius 3 is 0.667 bits per heavy atom. The third-order valence-corrected chi connectivity index (χ3v) is 14.7. The first kappa shape index (κ1) is 59.5. The van der Waals surface area contributed by atoms with E-state index in [-0.39, 0.29) is 80.3 Å². The van der Waals surface area contributed by atoms with Crippen molar-refractivity contribution >= 4 is 41.4 Å². The number of carboxylic acid groups (broad SMARTS) is 1. The molecular weight excluding hydrogens is 1020 g/mol. The molecule has 0 atom stereocenters. The fourth-order valence-electron chi connectivity index (χ4n) is 10.0. The van der Waals surface area contributed by atoms with E-state index in [1.165, 1.54) is 6.07 Å². The van der Waals surface area contributed by atoms with Crippen molar-refractivity contribution in [3.05, 3.63) is 248 Å². The second kappa shape index (κ2) is 28.6. The summed E-state index contributed by atoms with van der Waals surface area (Å²) in [5.41, 5.74) is 6.65. The minimum Gasteiger partial charge on any atom is -0.478 e. The Hall–Kier alpha value is -9.17. The van der Waals surface area contributed by atoms with Crippen molar-refractivity contribution < 1.29 is 38.7 Å². The molecule has 0 aromatic heterocycles. The summed E-state index contributed by atoms with van der Waals surface area (Å²) in [5.74, 6) is -2.50. The van der Waals surface area contributed by atoms with Crippen LogP contribution < -0.4 is 0 Å². The van der Waals surface area contributed by atoms with Crippen molar-refractivity contribution in [2.45, 2.75) is 80.8 Å². The lowest BCUT2D eigenvalue weighted by Gasteiger charge is -2.28. The average molecular weight is 1090 g/mol. The lowest BCUT2D eigenvalue weighted by atomic mass is 10.0. The molecule has 7 rings (SSSR count). The van der Waals surface area contributed by atoms with E-state index in [4.69, 9.17) is 0 Å². The largest absolute Gasteiger partial charge is 0.478 e. The van der Waals surface area contributed by atoms with Gasteiger partial charge in [-0.1, -0.05) is 127 Å².